The predicted molar refractivity (Wildman–Crippen MR) is 66.4 cm³/mol. The molecule has 0 heterocycles. The SMILES string of the molecule is CC(CNCc1cccc(C#N)c1)S(C)=O. The molecule has 2 atom stereocenters. The zero-order chi connectivity index (χ0) is 12.0. The Bertz CT molecular complexity index is 412. The van der Waals surface area contributed by atoms with Gasteiger partial charge in [-0.1, -0.05) is 12.1 Å². The van der Waals surface area contributed by atoms with Crippen molar-refractivity contribution in [3.05, 3.63) is 35.4 Å². The van der Waals surface area contributed by atoms with Gasteiger partial charge in [0.05, 0.1) is 11.6 Å². The van der Waals surface area contributed by atoms with E-state index in [-0.39, 0.29) is 5.25 Å². The van der Waals surface area contributed by atoms with Crippen LogP contribution in [0, 0.1) is 11.3 Å². The van der Waals surface area contributed by atoms with Crippen molar-refractivity contribution in [3.63, 3.8) is 0 Å². The fourth-order valence-electron chi connectivity index (χ4n) is 1.29. The lowest BCUT2D eigenvalue weighted by Crippen LogP contribution is -2.27. The van der Waals surface area contributed by atoms with Gasteiger partial charge in [-0.3, -0.25) is 4.21 Å². The van der Waals surface area contributed by atoms with Crippen molar-refractivity contribution in [1.29, 1.82) is 5.26 Å². The number of hydrogen-bond acceptors (Lipinski definition) is 3. The summed E-state index contributed by atoms with van der Waals surface area (Å²) >= 11 is 0. The highest BCUT2D eigenvalue weighted by Crippen LogP contribution is 2.03. The van der Waals surface area contributed by atoms with E-state index in [0.717, 1.165) is 12.1 Å². The van der Waals surface area contributed by atoms with E-state index in [1.54, 1.807) is 12.3 Å². The molecule has 86 valence electrons. The molecule has 0 fully saturated rings. The minimum atomic E-state index is -0.789. The molecule has 0 spiro atoms. The van der Waals surface area contributed by atoms with Gasteiger partial charge in [0.25, 0.3) is 0 Å². The maximum absolute atomic E-state index is 11.1. The van der Waals surface area contributed by atoms with Crippen LogP contribution >= 0.6 is 0 Å². The Morgan fingerprint density at radius 2 is 2.31 bits per heavy atom. The highest BCUT2D eigenvalue weighted by molar-refractivity contribution is 7.84. The summed E-state index contributed by atoms with van der Waals surface area (Å²) in [6.45, 7) is 3.38. The third-order valence-electron chi connectivity index (χ3n) is 2.38. The second-order valence-electron chi connectivity index (χ2n) is 3.75. The molecule has 0 aliphatic rings. The summed E-state index contributed by atoms with van der Waals surface area (Å²) in [7, 11) is -0.789. The number of nitrogens with zero attached hydrogens (tertiary/aromatic N) is 1. The van der Waals surface area contributed by atoms with Crippen LogP contribution in [-0.4, -0.2) is 22.3 Å². The number of nitrogens with one attached hydrogen (secondary N) is 1. The Kier molecular flexibility index (Phi) is 5.17. The van der Waals surface area contributed by atoms with Crippen LogP contribution in [0.25, 0.3) is 0 Å². The molecule has 3 nitrogen and oxygen atoms in total. The zero-order valence-corrected chi connectivity index (χ0v) is 10.4. The third-order valence-corrected chi connectivity index (χ3v) is 3.68. The van der Waals surface area contributed by atoms with Crippen molar-refractivity contribution in [3.8, 4) is 6.07 Å². The molecule has 0 aliphatic carbocycles. The molecule has 1 rings (SSSR count). The normalized spacial score (nSPS) is 14.1. The summed E-state index contributed by atoms with van der Waals surface area (Å²) in [5.41, 5.74) is 1.75. The molecule has 2 unspecified atom stereocenters. The topological polar surface area (TPSA) is 52.9 Å². The average molecular weight is 236 g/mol. The van der Waals surface area contributed by atoms with Gasteiger partial charge in [-0.05, 0) is 24.6 Å². The van der Waals surface area contributed by atoms with Gasteiger partial charge >= 0.3 is 0 Å². The van der Waals surface area contributed by atoms with E-state index >= 15 is 0 Å². The second-order valence-corrected chi connectivity index (χ2v) is 5.55. The van der Waals surface area contributed by atoms with Crippen LogP contribution in [0.15, 0.2) is 24.3 Å². The molecular formula is C12H16N2OS. The van der Waals surface area contributed by atoms with Crippen LogP contribution in [0.3, 0.4) is 0 Å². The Balaban J connectivity index is 2.43. The molecule has 0 radical (unpaired) electrons. The summed E-state index contributed by atoms with van der Waals surface area (Å²) in [6, 6.07) is 9.60. The van der Waals surface area contributed by atoms with E-state index < -0.39 is 10.8 Å². The van der Waals surface area contributed by atoms with Gasteiger partial charge in [0, 0.05) is 35.4 Å². The first kappa shape index (κ1) is 12.9. The maximum atomic E-state index is 11.1. The van der Waals surface area contributed by atoms with Crippen molar-refractivity contribution in [2.45, 2.75) is 18.7 Å². The Morgan fingerprint density at radius 1 is 1.56 bits per heavy atom. The molecule has 1 aromatic carbocycles. The van der Waals surface area contributed by atoms with E-state index in [9.17, 15) is 4.21 Å². The van der Waals surface area contributed by atoms with Crippen molar-refractivity contribution in [2.75, 3.05) is 12.8 Å². The second kappa shape index (κ2) is 6.41. The van der Waals surface area contributed by atoms with E-state index in [2.05, 4.69) is 11.4 Å². The van der Waals surface area contributed by atoms with Crippen LogP contribution in [0.4, 0.5) is 0 Å². The molecule has 16 heavy (non-hydrogen) atoms. The van der Waals surface area contributed by atoms with Crippen LogP contribution in [0.1, 0.15) is 18.1 Å². The molecule has 0 saturated heterocycles. The van der Waals surface area contributed by atoms with Crippen LogP contribution < -0.4 is 5.32 Å². The lowest BCUT2D eigenvalue weighted by atomic mass is 10.1. The minimum Gasteiger partial charge on any atom is -0.311 e. The lowest BCUT2D eigenvalue weighted by Gasteiger charge is -2.09. The summed E-state index contributed by atoms with van der Waals surface area (Å²) in [4.78, 5) is 0. The van der Waals surface area contributed by atoms with Gasteiger partial charge in [0.15, 0.2) is 0 Å². The minimum absolute atomic E-state index is 0.152. The first-order valence-corrected chi connectivity index (χ1v) is 6.77. The van der Waals surface area contributed by atoms with Crippen LogP contribution in [0.2, 0.25) is 0 Å². The first-order chi connectivity index (χ1) is 7.63. The first-order valence-electron chi connectivity index (χ1n) is 5.15. The van der Waals surface area contributed by atoms with Gasteiger partial charge in [0.2, 0.25) is 0 Å². The monoisotopic (exact) mass is 236 g/mol. The van der Waals surface area contributed by atoms with E-state index in [4.69, 9.17) is 5.26 Å². The van der Waals surface area contributed by atoms with Crippen LogP contribution in [-0.2, 0) is 17.3 Å². The highest BCUT2D eigenvalue weighted by Gasteiger charge is 2.04. The summed E-state index contributed by atoms with van der Waals surface area (Å²) in [6.07, 6.45) is 1.71. The largest absolute Gasteiger partial charge is 0.311 e. The molecule has 0 amide bonds. The Hall–Kier alpha value is -1.18. The molecular weight excluding hydrogens is 220 g/mol. The summed E-state index contributed by atoms with van der Waals surface area (Å²) in [5.74, 6) is 0. The van der Waals surface area contributed by atoms with Crippen molar-refractivity contribution in [2.24, 2.45) is 0 Å². The van der Waals surface area contributed by atoms with Gasteiger partial charge in [-0.15, -0.1) is 0 Å². The number of rotatable bonds is 5. The van der Waals surface area contributed by atoms with Crippen molar-refractivity contribution in [1.82, 2.24) is 5.32 Å². The van der Waals surface area contributed by atoms with Gasteiger partial charge in [0.1, 0.15) is 0 Å². The van der Waals surface area contributed by atoms with E-state index in [0.29, 0.717) is 12.1 Å². The Morgan fingerprint density at radius 3 is 2.94 bits per heavy atom. The van der Waals surface area contributed by atoms with E-state index in [1.165, 1.54) is 0 Å². The quantitative estimate of drug-likeness (QED) is 0.841. The molecule has 1 N–H and O–H groups in total. The molecule has 0 bridgehead atoms. The average Bonchev–Trinajstić information content (AvgIpc) is 2.29. The summed E-state index contributed by atoms with van der Waals surface area (Å²) < 4.78 is 11.1. The Labute approximate surface area is 98.9 Å². The van der Waals surface area contributed by atoms with Gasteiger partial charge < -0.3 is 5.32 Å². The molecule has 0 aromatic heterocycles. The zero-order valence-electron chi connectivity index (χ0n) is 9.56. The number of nitriles is 1. The number of hydrogen-bond donors (Lipinski definition) is 1. The fraction of sp³-hybridized carbons (Fsp3) is 0.417. The lowest BCUT2D eigenvalue weighted by molar-refractivity contribution is 0.647. The maximum Gasteiger partial charge on any atom is 0.0991 e. The summed E-state index contributed by atoms with van der Waals surface area (Å²) in [5, 5.41) is 12.1. The van der Waals surface area contributed by atoms with Gasteiger partial charge in [-0.2, -0.15) is 5.26 Å². The predicted octanol–water partition coefficient (Wildman–Crippen LogP) is 1.41. The standard InChI is InChI=1S/C12H16N2OS/c1-10(16(2)15)8-14-9-12-5-3-4-11(6-12)7-13/h3-6,10,14H,8-9H2,1-2H3. The van der Waals surface area contributed by atoms with Crippen molar-refractivity contribution >= 4 is 10.8 Å². The fourth-order valence-corrected chi connectivity index (χ4v) is 1.64. The molecule has 4 heteroatoms. The smallest absolute Gasteiger partial charge is 0.0991 e. The van der Waals surface area contributed by atoms with E-state index in [1.807, 2.05) is 25.1 Å². The third kappa shape index (κ3) is 4.13. The molecule has 1 aromatic rings. The van der Waals surface area contributed by atoms with Crippen molar-refractivity contribution < 1.29 is 4.21 Å². The van der Waals surface area contributed by atoms with Crippen LogP contribution in [0.5, 0.6) is 0 Å². The highest BCUT2D eigenvalue weighted by atomic mass is 32.2. The van der Waals surface area contributed by atoms with Gasteiger partial charge in [-0.25, -0.2) is 0 Å². The molecule has 0 saturated carbocycles. The molecule has 0 aliphatic heterocycles. The number of benzene rings is 1.